The summed E-state index contributed by atoms with van der Waals surface area (Å²) in [6.45, 7) is 3.90. The number of nitrogens with one attached hydrogen (secondary N) is 2. The number of benzene rings is 1. The lowest BCUT2D eigenvalue weighted by Gasteiger charge is -2.28. The number of aromatic nitrogens is 1. The van der Waals surface area contributed by atoms with Gasteiger partial charge in [-0.15, -0.1) is 0 Å². The number of H-pyrrole nitrogens is 1. The molecule has 2 heterocycles. The zero-order chi connectivity index (χ0) is 21.1. The van der Waals surface area contributed by atoms with Gasteiger partial charge >= 0.3 is 5.97 Å². The molecule has 5 N–H and O–H groups in total. The molecule has 3 rings (SSSR count). The normalized spacial score (nSPS) is 18.8. The van der Waals surface area contributed by atoms with Crippen LogP contribution >= 0.6 is 0 Å². The number of amides is 2. The van der Waals surface area contributed by atoms with Crippen LogP contribution in [0.15, 0.2) is 30.5 Å². The van der Waals surface area contributed by atoms with E-state index in [0.29, 0.717) is 25.8 Å². The number of carboxylic acids is 1. The lowest BCUT2D eigenvalue weighted by atomic mass is 10.0. The number of carboxylic acid groups (broad SMARTS) is 1. The molecule has 1 aliphatic rings. The average Bonchev–Trinajstić information content (AvgIpc) is 3.32. The molecule has 0 saturated carbocycles. The second-order valence-corrected chi connectivity index (χ2v) is 7.93. The summed E-state index contributed by atoms with van der Waals surface area (Å²) in [6.07, 6.45) is 3.40. The Kier molecular flexibility index (Phi) is 6.22. The van der Waals surface area contributed by atoms with Gasteiger partial charge in [-0.3, -0.25) is 9.59 Å². The van der Waals surface area contributed by atoms with Crippen LogP contribution in [0.5, 0.6) is 0 Å². The van der Waals surface area contributed by atoms with E-state index in [-0.39, 0.29) is 11.8 Å². The number of nitrogens with zero attached hydrogens (tertiary/aromatic N) is 1. The van der Waals surface area contributed by atoms with Crippen LogP contribution < -0.4 is 11.1 Å². The largest absolute Gasteiger partial charge is 0.480 e. The lowest BCUT2D eigenvalue weighted by Crippen LogP contribution is -2.55. The highest BCUT2D eigenvalue weighted by Gasteiger charge is 2.38. The van der Waals surface area contributed by atoms with Gasteiger partial charge in [0.05, 0.1) is 6.04 Å². The van der Waals surface area contributed by atoms with Crippen LogP contribution in [-0.4, -0.2) is 57.4 Å². The summed E-state index contributed by atoms with van der Waals surface area (Å²) in [5.41, 5.74) is 8.14. The molecule has 0 radical (unpaired) electrons. The number of aliphatic carboxylic acids is 1. The van der Waals surface area contributed by atoms with E-state index in [1.54, 1.807) is 13.8 Å². The van der Waals surface area contributed by atoms with Crippen molar-refractivity contribution >= 4 is 28.7 Å². The molecule has 1 fully saturated rings. The van der Waals surface area contributed by atoms with Gasteiger partial charge in [-0.2, -0.15) is 0 Å². The number of para-hydroxylation sites is 1. The number of rotatable bonds is 7. The first-order chi connectivity index (χ1) is 13.8. The number of fused-ring (bicyclic) bond motifs is 1. The summed E-state index contributed by atoms with van der Waals surface area (Å²) in [5, 5.41) is 12.9. The minimum Gasteiger partial charge on any atom is -0.480 e. The van der Waals surface area contributed by atoms with Gasteiger partial charge in [-0.1, -0.05) is 32.0 Å². The number of aromatic amines is 1. The molecule has 1 saturated heterocycles. The third-order valence-electron chi connectivity index (χ3n) is 5.50. The molecule has 3 unspecified atom stereocenters. The van der Waals surface area contributed by atoms with Crippen LogP contribution in [0.3, 0.4) is 0 Å². The Morgan fingerprint density at radius 3 is 2.72 bits per heavy atom. The van der Waals surface area contributed by atoms with E-state index in [2.05, 4.69) is 10.3 Å². The van der Waals surface area contributed by atoms with Crippen molar-refractivity contribution in [1.29, 1.82) is 0 Å². The summed E-state index contributed by atoms with van der Waals surface area (Å²) < 4.78 is 0. The van der Waals surface area contributed by atoms with Crippen molar-refractivity contribution in [2.45, 2.75) is 51.2 Å². The van der Waals surface area contributed by atoms with Crippen molar-refractivity contribution < 1.29 is 19.5 Å². The minimum atomic E-state index is -1.08. The zero-order valence-corrected chi connectivity index (χ0v) is 16.7. The number of hydrogen-bond donors (Lipinski definition) is 4. The van der Waals surface area contributed by atoms with Crippen molar-refractivity contribution in [2.24, 2.45) is 11.7 Å². The van der Waals surface area contributed by atoms with Crippen LogP contribution in [0.2, 0.25) is 0 Å². The van der Waals surface area contributed by atoms with E-state index < -0.39 is 30.0 Å². The Labute approximate surface area is 169 Å². The smallest absolute Gasteiger partial charge is 0.326 e. The molecule has 1 aromatic heterocycles. The van der Waals surface area contributed by atoms with Gasteiger partial charge < -0.3 is 26.0 Å². The van der Waals surface area contributed by atoms with Crippen LogP contribution in [-0.2, 0) is 20.8 Å². The Balaban J connectivity index is 1.68. The Morgan fingerprint density at radius 1 is 1.31 bits per heavy atom. The maximum Gasteiger partial charge on any atom is 0.326 e. The summed E-state index contributed by atoms with van der Waals surface area (Å²) in [7, 11) is 0. The van der Waals surface area contributed by atoms with Crippen LogP contribution in [0.25, 0.3) is 10.9 Å². The molecular weight excluding hydrogens is 372 g/mol. The van der Waals surface area contributed by atoms with E-state index in [4.69, 9.17) is 5.73 Å². The molecule has 8 nitrogen and oxygen atoms in total. The highest BCUT2D eigenvalue weighted by atomic mass is 16.4. The lowest BCUT2D eigenvalue weighted by molar-refractivity contribution is -0.145. The SMILES string of the molecule is CC(C)C(NC(=O)C1CCCN1C(=O)C(N)Cc1c[nH]c2ccccc12)C(=O)O. The highest BCUT2D eigenvalue weighted by Crippen LogP contribution is 2.22. The van der Waals surface area contributed by atoms with E-state index >= 15 is 0 Å². The van der Waals surface area contributed by atoms with E-state index in [1.807, 2.05) is 30.5 Å². The fourth-order valence-corrected chi connectivity index (χ4v) is 3.90. The van der Waals surface area contributed by atoms with Gasteiger partial charge in [0.2, 0.25) is 11.8 Å². The van der Waals surface area contributed by atoms with Crippen LogP contribution in [0, 0.1) is 5.92 Å². The second kappa shape index (κ2) is 8.65. The molecule has 0 bridgehead atoms. The number of carbonyl (C=O) groups is 3. The van der Waals surface area contributed by atoms with Gasteiger partial charge in [0.15, 0.2) is 0 Å². The Hall–Kier alpha value is -2.87. The van der Waals surface area contributed by atoms with Gasteiger partial charge in [0, 0.05) is 23.6 Å². The maximum absolute atomic E-state index is 13.0. The van der Waals surface area contributed by atoms with Crippen molar-refractivity contribution in [1.82, 2.24) is 15.2 Å². The predicted octanol–water partition coefficient (Wildman–Crippen LogP) is 1.25. The summed E-state index contributed by atoms with van der Waals surface area (Å²) >= 11 is 0. The second-order valence-electron chi connectivity index (χ2n) is 7.93. The van der Waals surface area contributed by atoms with Gasteiger partial charge in [0.25, 0.3) is 0 Å². The van der Waals surface area contributed by atoms with Crippen molar-refractivity contribution in [3.8, 4) is 0 Å². The topological polar surface area (TPSA) is 129 Å². The molecule has 3 atom stereocenters. The van der Waals surface area contributed by atoms with Crippen molar-refractivity contribution in [2.75, 3.05) is 6.54 Å². The van der Waals surface area contributed by atoms with E-state index in [1.165, 1.54) is 4.90 Å². The van der Waals surface area contributed by atoms with Gasteiger partial charge in [0.1, 0.15) is 12.1 Å². The molecule has 2 aromatic rings. The monoisotopic (exact) mass is 400 g/mol. The van der Waals surface area contributed by atoms with Gasteiger partial charge in [-0.05, 0) is 36.8 Å². The molecular formula is C21H28N4O4. The number of nitrogens with two attached hydrogens (primary N) is 1. The molecule has 29 heavy (non-hydrogen) atoms. The fraction of sp³-hybridized carbons (Fsp3) is 0.476. The standard InChI is InChI=1S/C21H28N4O4/c1-12(2)18(21(28)29)24-19(26)17-8-5-9-25(17)20(27)15(22)10-13-11-23-16-7-4-3-6-14(13)16/h3-4,6-7,11-12,15,17-18,23H,5,8-10,22H2,1-2H3,(H,24,26)(H,28,29). The quantitative estimate of drug-likeness (QED) is 0.556. The Morgan fingerprint density at radius 2 is 2.03 bits per heavy atom. The maximum atomic E-state index is 13.0. The number of hydrogen-bond acceptors (Lipinski definition) is 4. The summed E-state index contributed by atoms with van der Waals surface area (Å²) in [5.74, 6) is -2.06. The molecule has 1 aliphatic heterocycles. The third kappa shape index (κ3) is 4.42. The van der Waals surface area contributed by atoms with Crippen LogP contribution in [0.1, 0.15) is 32.3 Å². The summed E-state index contributed by atoms with van der Waals surface area (Å²) in [6, 6.07) is 5.35. The first-order valence-corrected chi connectivity index (χ1v) is 9.93. The van der Waals surface area contributed by atoms with E-state index in [0.717, 1.165) is 16.5 Å². The van der Waals surface area contributed by atoms with Crippen LogP contribution in [0.4, 0.5) is 0 Å². The number of carbonyl (C=O) groups excluding carboxylic acids is 2. The molecule has 0 spiro atoms. The summed E-state index contributed by atoms with van der Waals surface area (Å²) in [4.78, 5) is 41.7. The fourth-order valence-electron chi connectivity index (χ4n) is 3.90. The first kappa shape index (κ1) is 20.9. The average molecular weight is 400 g/mol. The molecule has 8 heteroatoms. The highest BCUT2D eigenvalue weighted by molar-refractivity contribution is 5.93. The van der Waals surface area contributed by atoms with E-state index in [9.17, 15) is 19.5 Å². The number of likely N-dealkylation sites (tertiary alicyclic amines) is 1. The first-order valence-electron chi connectivity index (χ1n) is 9.93. The molecule has 2 amide bonds. The Bertz CT molecular complexity index is 907. The molecule has 156 valence electrons. The molecule has 1 aromatic carbocycles. The minimum absolute atomic E-state index is 0.258. The van der Waals surface area contributed by atoms with Crippen molar-refractivity contribution in [3.05, 3.63) is 36.0 Å². The molecule has 0 aliphatic carbocycles. The predicted molar refractivity (Wildman–Crippen MR) is 109 cm³/mol. The zero-order valence-electron chi connectivity index (χ0n) is 16.7. The van der Waals surface area contributed by atoms with Crippen molar-refractivity contribution in [3.63, 3.8) is 0 Å². The van der Waals surface area contributed by atoms with Gasteiger partial charge in [-0.25, -0.2) is 4.79 Å². The third-order valence-corrected chi connectivity index (χ3v) is 5.50.